The molecule has 0 radical (unpaired) electrons. The van der Waals surface area contributed by atoms with Gasteiger partial charge in [0.1, 0.15) is 0 Å². The Hall–Kier alpha value is -2.19. The summed E-state index contributed by atoms with van der Waals surface area (Å²) in [5.41, 5.74) is -1.92. The van der Waals surface area contributed by atoms with Crippen molar-refractivity contribution in [2.24, 2.45) is 5.41 Å². The van der Waals surface area contributed by atoms with Gasteiger partial charge in [-0.2, -0.15) is 8.78 Å². The number of carbonyl (C=O) groups excluding carboxylic acids is 2. The standard InChI is InChI=1S/C18H21F5O4/c1-4-7-8-9-26-16(24)18(5-2,6-3)17(25)27-15-13(22)11(20)10(19)12(21)14(15)23/h4-9H2,1-3H3. The highest BCUT2D eigenvalue weighted by Crippen LogP contribution is 2.34. The van der Waals surface area contributed by atoms with E-state index in [0.717, 1.165) is 12.8 Å². The molecule has 0 unspecified atom stereocenters. The smallest absolute Gasteiger partial charge is 0.329 e. The summed E-state index contributed by atoms with van der Waals surface area (Å²) in [5.74, 6) is -15.6. The number of hydrogen-bond acceptors (Lipinski definition) is 4. The fourth-order valence-corrected chi connectivity index (χ4v) is 2.43. The summed E-state index contributed by atoms with van der Waals surface area (Å²) in [7, 11) is 0. The summed E-state index contributed by atoms with van der Waals surface area (Å²) >= 11 is 0. The van der Waals surface area contributed by atoms with Crippen LogP contribution in [0, 0.1) is 34.5 Å². The zero-order chi connectivity index (χ0) is 20.8. The molecule has 152 valence electrons. The lowest BCUT2D eigenvalue weighted by Gasteiger charge is -2.27. The van der Waals surface area contributed by atoms with E-state index >= 15 is 0 Å². The number of carbonyl (C=O) groups is 2. The Morgan fingerprint density at radius 2 is 1.26 bits per heavy atom. The van der Waals surface area contributed by atoms with E-state index in [1.165, 1.54) is 13.8 Å². The number of halogens is 5. The van der Waals surface area contributed by atoms with Crippen LogP contribution in [0.2, 0.25) is 0 Å². The minimum atomic E-state index is -2.38. The van der Waals surface area contributed by atoms with E-state index < -0.39 is 52.2 Å². The fraction of sp³-hybridized carbons (Fsp3) is 0.556. The second-order valence-corrected chi connectivity index (χ2v) is 5.92. The van der Waals surface area contributed by atoms with Crippen LogP contribution in [0.1, 0.15) is 52.9 Å². The maximum absolute atomic E-state index is 13.7. The minimum absolute atomic E-state index is 0.0320. The molecule has 0 spiro atoms. The van der Waals surface area contributed by atoms with Crippen molar-refractivity contribution in [3.63, 3.8) is 0 Å². The van der Waals surface area contributed by atoms with Crippen molar-refractivity contribution in [2.45, 2.75) is 52.9 Å². The summed E-state index contributed by atoms with van der Waals surface area (Å²) in [6.07, 6.45) is 1.91. The Morgan fingerprint density at radius 1 is 0.778 bits per heavy atom. The van der Waals surface area contributed by atoms with Crippen LogP contribution in [0.25, 0.3) is 0 Å². The predicted octanol–water partition coefficient (Wildman–Crippen LogP) is 4.83. The summed E-state index contributed by atoms with van der Waals surface area (Å²) in [6, 6.07) is 0. The van der Waals surface area contributed by atoms with Crippen LogP contribution in [0.4, 0.5) is 22.0 Å². The number of ether oxygens (including phenoxy) is 2. The van der Waals surface area contributed by atoms with Crippen molar-refractivity contribution in [1.82, 2.24) is 0 Å². The second-order valence-electron chi connectivity index (χ2n) is 5.92. The van der Waals surface area contributed by atoms with Gasteiger partial charge in [-0.1, -0.05) is 33.6 Å². The van der Waals surface area contributed by atoms with Crippen LogP contribution in [0.5, 0.6) is 5.75 Å². The Bertz CT molecular complexity index is 672. The monoisotopic (exact) mass is 396 g/mol. The van der Waals surface area contributed by atoms with Crippen LogP contribution in [0.3, 0.4) is 0 Å². The molecule has 0 aliphatic rings. The van der Waals surface area contributed by atoms with Gasteiger partial charge in [-0.25, -0.2) is 13.2 Å². The summed E-state index contributed by atoms with van der Waals surface area (Å²) in [5, 5.41) is 0. The molecule has 0 aliphatic heterocycles. The van der Waals surface area contributed by atoms with Crippen LogP contribution >= 0.6 is 0 Å². The predicted molar refractivity (Wildman–Crippen MR) is 85.4 cm³/mol. The lowest BCUT2D eigenvalue weighted by atomic mass is 9.82. The molecule has 1 rings (SSSR count). The molecule has 0 atom stereocenters. The Morgan fingerprint density at radius 3 is 1.70 bits per heavy atom. The molecule has 0 saturated heterocycles. The van der Waals surface area contributed by atoms with Crippen LogP contribution in [-0.2, 0) is 14.3 Å². The molecule has 0 saturated carbocycles. The molecule has 4 nitrogen and oxygen atoms in total. The van der Waals surface area contributed by atoms with Gasteiger partial charge in [0.15, 0.2) is 5.41 Å². The number of unbranched alkanes of at least 4 members (excludes halogenated alkanes) is 2. The van der Waals surface area contributed by atoms with Gasteiger partial charge in [-0.3, -0.25) is 9.59 Å². The number of hydrogen-bond donors (Lipinski definition) is 0. The van der Waals surface area contributed by atoms with E-state index in [-0.39, 0.29) is 19.4 Å². The third kappa shape index (κ3) is 4.56. The molecule has 0 N–H and O–H groups in total. The van der Waals surface area contributed by atoms with Gasteiger partial charge >= 0.3 is 11.9 Å². The van der Waals surface area contributed by atoms with Crippen molar-refractivity contribution >= 4 is 11.9 Å². The normalized spacial score (nSPS) is 11.4. The first-order chi connectivity index (χ1) is 12.7. The number of rotatable bonds is 9. The van der Waals surface area contributed by atoms with Crippen molar-refractivity contribution in [3.05, 3.63) is 29.1 Å². The molecule has 0 fully saturated rings. The van der Waals surface area contributed by atoms with Gasteiger partial charge in [-0.15, -0.1) is 0 Å². The average Bonchev–Trinajstić information content (AvgIpc) is 2.66. The van der Waals surface area contributed by atoms with Crippen LogP contribution in [-0.4, -0.2) is 18.5 Å². The van der Waals surface area contributed by atoms with Gasteiger partial charge in [0.25, 0.3) is 0 Å². The molecular formula is C18H21F5O4. The van der Waals surface area contributed by atoms with E-state index in [9.17, 15) is 31.5 Å². The quantitative estimate of drug-likeness (QED) is 0.114. The first-order valence-electron chi connectivity index (χ1n) is 8.58. The van der Waals surface area contributed by atoms with Crippen molar-refractivity contribution in [1.29, 1.82) is 0 Å². The number of benzene rings is 1. The highest BCUT2D eigenvalue weighted by atomic mass is 19.2. The SMILES string of the molecule is CCCCCOC(=O)C(CC)(CC)C(=O)Oc1c(F)c(F)c(F)c(F)c1F. The van der Waals surface area contributed by atoms with Crippen LogP contribution in [0.15, 0.2) is 0 Å². The van der Waals surface area contributed by atoms with E-state index in [4.69, 9.17) is 4.74 Å². The largest absolute Gasteiger partial charge is 0.465 e. The first kappa shape index (κ1) is 22.9. The third-order valence-corrected chi connectivity index (χ3v) is 4.33. The Kier molecular flexibility index (Phi) is 8.18. The van der Waals surface area contributed by atoms with Crippen molar-refractivity contribution in [2.75, 3.05) is 6.61 Å². The summed E-state index contributed by atoms with van der Waals surface area (Å²) < 4.78 is 76.6. The fourth-order valence-electron chi connectivity index (χ4n) is 2.43. The summed E-state index contributed by atoms with van der Waals surface area (Å²) in [6.45, 7) is 4.85. The third-order valence-electron chi connectivity index (χ3n) is 4.33. The van der Waals surface area contributed by atoms with Gasteiger partial charge in [0, 0.05) is 0 Å². The first-order valence-corrected chi connectivity index (χ1v) is 8.58. The maximum atomic E-state index is 13.7. The van der Waals surface area contributed by atoms with E-state index in [1.54, 1.807) is 0 Å². The molecule has 0 aliphatic carbocycles. The number of esters is 2. The lowest BCUT2D eigenvalue weighted by molar-refractivity contribution is -0.168. The molecule has 1 aromatic carbocycles. The molecule has 0 aromatic heterocycles. The average molecular weight is 396 g/mol. The lowest BCUT2D eigenvalue weighted by Crippen LogP contribution is -2.43. The zero-order valence-corrected chi connectivity index (χ0v) is 15.3. The highest BCUT2D eigenvalue weighted by molar-refractivity contribution is 6.00. The molecule has 0 heterocycles. The molecule has 0 amide bonds. The summed E-state index contributed by atoms with van der Waals surface area (Å²) in [4.78, 5) is 24.8. The van der Waals surface area contributed by atoms with E-state index in [0.29, 0.717) is 6.42 Å². The van der Waals surface area contributed by atoms with Gasteiger partial charge < -0.3 is 9.47 Å². The Labute approximate surface area is 153 Å². The minimum Gasteiger partial charge on any atom is -0.465 e. The zero-order valence-electron chi connectivity index (χ0n) is 15.3. The highest BCUT2D eigenvalue weighted by Gasteiger charge is 2.47. The molecule has 27 heavy (non-hydrogen) atoms. The van der Waals surface area contributed by atoms with Gasteiger partial charge in [-0.05, 0) is 19.3 Å². The van der Waals surface area contributed by atoms with Crippen molar-refractivity contribution < 1.29 is 41.0 Å². The second kappa shape index (κ2) is 9.66. The van der Waals surface area contributed by atoms with E-state index in [1.807, 2.05) is 6.92 Å². The topological polar surface area (TPSA) is 52.6 Å². The molecule has 1 aromatic rings. The Balaban J connectivity index is 3.15. The van der Waals surface area contributed by atoms with Crippen LogP contribution < -0.4 is 4.74 Å². The molecule has 9 heteroatoms. The molecular weight excluding hydrogens is 375 g/mol. The van der Waals surface area contributed by atoms with Crippen molar-refractivity contribution in [3.8, 4) is 5.75 Å². The van der Waals surface area contributed by atoms with E-state index in [2.05, 4.69) is 4.74 Å². The molecule has 0 bridgehead atoms. The maximum Gasteiger partial charge on any atom is 0.329 e. The van der Waals surface area contributed by atoms with Gasteiger partial charge in [0.05, 0.1) is 6.61 Å². The van der Waals surface area contributed by atoms with Gasteiger partial charge in [0.2, 0.25) is 34.8 Å².